The van der Waals surface area contributed by atoms with E-state index in [1.54, 1.807) is 6.20 Å². The summed E-state index contributed by atoms with van der Waals surface area (Å²) in [5.41, 5.74) is 0.145. The Balaban J connectivity index is 1.59. The van der Waals surface area contributed by atoms with Crippen LogP contribution in [0.5, 0.6) is 0 Å². The van der Waals surface area contributed by atoms with Gasteiger partial charge in [0.05, 0.1) is 11.6 Å². The van der Waals surface area contributed by atoms with Crippen molar-refractivity contribution in [1.29, 1.82) is 0 Å². The average Bonchev–Trinajstić information content (AvgIpc) is 3.31. The van der Waals surface area contributed by atoms with Gasteiger partial charge in [-0.15, -0.1) is 0 Å². The lowest BCUT2D eigenvalue weighted by Crippen LogP contribution is -2.62. The van der Waals surface area contributed by atoms with Crippen LogP contribution in [-0.4, -0.2) is 46.4 Å². The summed E-state index contributed by atoms with van der Waals surface area (Å²) < 4.78 is 0. The second-order valence-corrected chi connectivity index (χ2v) is 8.35. The Bertz CT molecular complexity index is 883. The summed E-state index contributed by atoms with van der Waals surface area (Å²) in [4.78, 5) is 23.8. The maximum atomic E-state index is 13.0. The molecule has 29 heavy (non-hydrogen) atoms. The molecule has 0 unspecified atom stereocenters. The van der Waals surface area contributed by atoms with Gasteiger partial charge in [-0.1, -0.05) is 54.2 Å². The van der Waals surface area contributed by atoms with Crippen molar-refractivity contribution >= 4 is 23.5 Å². The third-order valence-electron chi connectivity index (χ3n) is 5.88. The number of aliphatic hydroxyl groups excluding tert-OH is 1. The lowest BCUT2D eigenvalue weighted by atomic mass is 9.78. The minimum Gasteiger partial charge on any atom is -0.388 e. The largest absolute Gasteiger partial charge is 0.388 e. The first-order chi connectivity index (χ1) is 14.1. The van der Waals surface area contributed by atoms with Crippen molar-refractivity contribution < 1.29 is 9.90 Å². The molecule has 2 heterocycles. The summed E-state index contributed by atoms with van der Waals surface area (Å²) in [7, 11) is 0. The molecule has 1 fully saturated rings. The molecule has 2 aliphatic rings. The van der Waals surface area contributed by atoms with Crippen molar-refractivity contribution in [1.82, 2.24) is 15.3 Å². The lowest BCUT2D eigenvalue weighted by Gasteiger charge is -2.47. The molecular weight excluding hydrogens is 384 g/mol. The maximum Gasteiger partial charge on any atom is 0.224 e. The van der Waals surface area contributed by atoms with Crippen LogP contribution in [0, 0.1) is 5.92 Å². The number of allylic oxidation sites excluding steroid dienone is 2. The number of nitrogens with zero attached hydrogens (tertiary/aromatic N) is 3. The third kappa shape index (κ3) is 4.02. The monoisotopic (exact) mass is 410 g/mol. The summed E-state index contributed by atoms with van der Waals surface area (Å²) in [6.45, 7) is 1.07. The highest BCUT2D eigenvalue weighted by molar-refractivity contribution is 7.98. The highest BCUT2D eigenvalue weighted by Gasteiger charge is 2.46. The Morgan fingerprint density at radius 3 is 2.69 bits per heavy atom. The molecule has 152 valence electrons. The van der Waals surface area contributed by atoms with Crippen LogP contribution >= 0.6 is 11.8 Å². The standard InChI is InChI=1S/C22H26N4O2S/c1-29-21-23-13-11-19(24-21)26-14-12-22(18(27)15-26,17-9-3-2-4-10-17)25-20(28)16-7-5-6-8-16/h2-6,9-11,13,16,18,27H,7-8,12,14-15H2,1H3,(H,25,28)/t18-,22+/m1/s1. The third-order valence-corrected chi connectivity index (χ3v) is 6.44. The first-order valence-corrected chi connectivity index (χ1v) is 11.2. The van der Waals surface area contributed by atoms with Crippen LogP contribution in [0.2, 0.25) is 0 Å². The first kappa shape index (κ1) is 19.9. The van der Waals surface area contributed by atoms with Gasteiger partial charge >= 0.3 is 0 Å². The second kappa shape index (κ2) is 8.55. The van der Waals surface area contributed by atoms with Crippen molar-refractivity contribution in [2.75, 3.05) is 24.2 Å². The van der Waals surface area contributed by atoms with E-state index in [1.807, 2.05) is 42.7 Å². The molecule has 6 nitrogen and oxygen atoms in total. The first-order valence-electron chi connectivity index (χ1n) is 9.95. The Hall–Kier alpha value is -2.38. The fourth-order valence-electron chi connectivity index (χ4n) is 4.19. The smallest absolute Gasteiger partial charge is 0.224 e. The van der Waals surface area contributed by atoms with Gasteiger partial charge in [0.15, 0.2) is 5.16 Å². The van der Waals surface area contributed by atoms with Gasteiger partial charge in [0.25, 0.3) is 0 Å². The molecule has 0 spiro atoms. The number of anilines is 1. The number of benzene rings is 1. The van der Waals surface area contributed by atoms with Crippen molar-refractivity contribution in [3.63, 3.8) is 0 Å². The number of carbonyl (C=O) groups is 1. The Morgan fingerprint density at radius 1 is 1.24 bits per heavy atom. The molecule has 0 saturated carbocycles. The van der Waals surface area contributed by atoms with E-state index in [2.05, 4.69) is 32.3 Å². The van der Waals surface area contributed by atoms with Crippen LogP contribution in [0.3, 0.4) is 0 Å². The SMILES string of the molecule is CSc1nccc(N2CC[C@](NC(=O)C3CC=CC3)(c3ccccc3)[C@H](O)C2)n1. The number of hydrogen-bond acceptors (Lipinski definition) is 6. The summed E-state index contributed by atoms with van der Waals surface area (Å²) in [6.07, 6.45) is 9.15. The fraction of sp³-hybridized carbons (Fsp3) is 0.409. The number of thioether (sulfide) groups is 1. The van der Waals surface area contributed by atoms with E-state index in [9.17, 15) is 9.90 Å². The van der Waals surface area contributed by atoms with E-state index >= 15 is 0 Å². The zero-order valence-electron chi connectivity index (χ0n) is 16.5. The zero-order chi connectivity index (χ0) is 20.3. The molecule has 0 bridgehead atoms. The lowest BCUT2D eigenvalue weighted by molar-refractivity contribution is -0.129. The number of nitrogens with one attached hydrogen (secondary N) is 1. The zero-order valence-corrected chi connectivity index (χ0v) is 17.3. The number of rotatable bonds is 5. The van der Waals surface area contributed by atoms with E-state index < -0.39 is 11.6 Å². The predicted octanol–water partition coefficient (Wildman–Crippen LogP) is 2.75. The summed E-state index contributed by atoms with van der Waals surface area (Å²) in [5.74, 6) is 0.765. The van der Waals surface area contributed by atoms with Crippen LogP contribution in [0.1, 0.15) is 24.8 Å². The summed E-state index contributed by atoms with van der Waals surface area (Å²) in [5, 5.41) is 15.3. The van der Waals surface area contributed by atoms with Crippen LogP contribution in [0.15, 0.2) is 59.9 Å². The van der Waals surface area contributed by atoms with E-state index in [1.165, 1.54) is 11.8 Å². The normalized spacial score (nSPS) is 24.6. The van der Waals surface area contributed by atoms with Crippen molar-refractivity contribution in [3.05, 3.63) is 60.3 Å². The van der Waals surface area contributed by atoms with Crippen molar-refractivity contribution in [2.24, 2.45) is 5.92 Å². The maximum absolute atomic E-state index is 13.0. The molecule has 1 amide bonds. The Labute approximate surface area is 175 Å². The molecule has 1 aromatic carbocycles. The van der Waals surface area contributed by atoms with Crippen LogP contribution in [0.4, 0.5) is 5.82 Å². The molecule has 0 radical (unpaired) electrons. The van der Waals surface area contributed by atoms with Crippen LogP contribution in [-0.2, 0) is 10.3 Å². The molecule has 2 aromatic rings. The van der Waals surface area contributed by atoms with Crippen LogP contribution in [0.25, 0.3) is 0 Å². The van der Waals surface area contributed by atoms with E-state index in [0.717, 1.165) is 24.2 Å². The quantitative estimate of drug-likeness (QED) is 0.448. The highest BCUT2D eigenvalue weighted by atomic mass is 32.2. The minimum atomic E-state index is -0.799. The van der Waals surface area contributed by atoms with Crippen molar-refractivity contribution in [3.8, 4) is 0 Å². The van der Waals surface area contributed by atoms with Gasteiger partial charge in [0.1, 0.15) is 5.82 Å². The van der Waals surface area contributed by atoms with Gasteiger partial charge in [-0.25, -0.2) is 9.97 Å². The molecule has 4 rings (SSSR count). The fourth-order valence-corrected chi connectivity index (χ4v) is 4.54. The number of carbonyl (C=O) groups excluding carboxylic acids is 1. The molecular formula is C22H26N4O2S. The van der Waals surface area contributed by atoms with E-state index in [4.69, 9.17) is 0 Å². The van der Waals surface area contributed by atoms with Gasteiger partial charge < -0.3 is 15.3 Å². The number of piperidine rings is 1. The topological polar surface area (TPSA) is 78.4 Å². The number of hydrogen-bond donors (Lipinski definition) is 2. The Kier molecular flexibility index (Phi) is 5.87. The van der Waals surface area contributed by atoms with Gasteiger partial charge in [0.2, 0.25) is 5.91 Å². The molecule has 1 saturated heterocycles. The highest BCUT2D eigenvalue weighted by Crippen LogP contribution is 2.36. The second-order valence-electron chi connectivity index (χ2n) is 7.58. The molecule has 2 atom stereocenters. The van der Waals surface area contributed by atoms with Gasteiger partial charge in [0, 0.05) is 25.2 Å². The molecule has 7 heteroatoms. The molecule has 1 aromatic heterocycles. The van der Waals surface area contributed by atoms with Gasteiger partial charge in [-0.05, 0) is 37.1 Å². The number of aromatic nitrogens is 2. The number of amides is 1. The Morgan fingerprint density at radius 2 is 2.00 bits per heavy atom. The summed E-state index contributed by atoms with van der Waals surface area (Å²) >= 11 is 1.49. The van der Waals surface area contributed by atoms with Crippen molar-refractivity contribution in [2.45, 2.75) is 36.1 Å². The molecule has 2 N–H and O–H groups in total. The average molecular weight is 411 g/mol. The molecule has 1 aliphatic carbocycles. The van der Waals surface area contributed by atoms with Gasteiger partial charge in [-0.3, -0.25) is 4.79 Å². The van der Waals surface area contributed by atoms with Crippen LogP contribution < -0.4 is 10.2 Å². The summed E-state index contributed by atoms with van der Waals surface area (Å²) in [6, 6.07) is 11.7. The number of aliphatic hydroxyl groups is 1. The van der Waals surface area contributed by atoms with E-state index in [-0.39, 0.29) is 11.8 Å². The predicted molar refractivity (Wildman–Crippen MR) is 115 cm³/mol. The van der Waals surface area contributed by atoms with E-state index in [0.29, 0.717) is 24.7 Å². The molecule has 1 aliphatic heterocycles. The number of β-amino-alcohol motifs (C(OH)–C–C–N with tert-alkyl or cyclic N) is 1. The van der Waals surface area contributed by atoms with Gasteiger partial charge in [-0.2, -0.15) is 0 Å². The minimum absolute atomic E-state index is 0.0121.